The number of hydrogen-bond donors (Lipinski definition) is 1. The van der Waals surface area contributed by atoms with Gasteiger partial charge in [-0.15, -0.1) is 0 Å². The highest BCUT2D eigenvalue weighted by Gasteiger charge is 2.18. The van der Waals surface area contributed by atoms with Crippen LogP contribution in [0.3, 0.4) is 0 Å². The molecule has 8 nitrogen and oxygen atoms in total. The minimum atomic E-state index is -0.484. The molecule has 1 aromatic carbocycles. The van der Waals surface area contributed by atoms with Gasteiger partial charge in [0.1, 0.15) is 5.75 Å². The molecule has 1 N–H and O–H groups in total. The fraction of sp³-hybridized carbons (Fsp3) is 0.235. The third kappa shape index (κ3) is 2.18. The van der Waals surface area contributed by atoms with Gasteiger partial charge in [-0.1, -0.05) is 0 Å². The number of nitrogens with zero attached hydrogens (tertiary/aromatic N) is 4. The van der Waals surface area contributed by atoms with Gasteiger partial charge in [0, 0.05) is 24.6 Å². The van der Waals surface area contributed by atoms with Crippen LogP contribution in [0.4, 0.5) is 0 Å². The number of imidazole rings is 2. The molecule has 25 heavy (non-hydrogen) atoms. The maximum Gasteiger partial charge on any atom is 0.329 e. The Bertz CT molecular complexity index is 1210. The van der Waals surface area contributed by atoms with Crippen LogP contribution in [-0.2, 0) is 7.05 Å². The van der Waals surface area contributed by atoms with Crippen LogP contribution in [0.1, 0.15) is 12.6 Å². The summed E-state index contributed by atoms with van der Waals surface area (Å²) >= 11 is 0. The molecule has 3 aromatic heterocycles. The summed E-state index contributed by atoms with van der Waals surface area (Å²) in [5.74, 6) is 1.36. The van der Waals surface area contributed by atoms with E-state index in [1.54, 1.807) is 11.4 Å². The van der Waals surface area contributed by atoms with Crippen molar-refractivity contribution in [3.8, 4) is 11.4 Å². The van der Waals surface area contributed by atoms with E-state index < -0.39 is 11.2 Å². The summed E-state index contributed by atoms with van der Waals surface area (Å²) in [6.45, 7) is 4.48. The Hall–Kier alpha value is -3.29. The molecule has 128 valence electrons. The lowest BCUT2D eigenvalue weighted by atomic mass is 10.3. The molecule has 0 atom stereocenters. The molecule has 0 saturated carbocycles. The third-order valence-corrected chi connectivity index (χ3v) is 4.21. The highest BCUT2D eigenvalue weighted by atomic mass is 16.5. The van der Waals surface area contributed by atoms with Crippen molar-refractivity contribution in [3.05, 3.63) is 57.0 Å². The van der Waals surface area contributed by atoms with E-state index in [0.29, 0.717) is 23.5 Å². The Morgan fingerprint density at radius 2 is 1.92 bits per heavy atom. The summed E-state index contributed by atoms with van der Waals surface area (Å²) in [7, 11) is 1.58. The van der Waals surface area contributed by atoms with E-state index in [4.69, 9.17) is 4.74 Å². The topological polar surface area (TPSA) is 86.3 Å². The summed E-state index contributed by atoms with van der Waals surface area (Å²) in [6.07, 6.45) is 1.83. The van der Waals surface area contributed by atoms with E-state index in [2.05, 4.69) is 9.97 Å². The zero-order valence-electron chi connectivity index (χ0n) is 14.1. The smallest absolute Gasteiger partial charge is 0.329 e. The molecule has 4 aromatic rings. The van der Waals surface area contributed by atoms with E-state index >= 15 is 0 Å². The van der Waals surface area contributed by atoms with Gasteiger partial charge in [0.25, 0.3) is 5.56 Å². The first kappa shape index (κ1) is 15.3. The highest BCUT2D eigenvalue weighted by Crippen LogP contribution is 2.22. The van der Waals surface area contributed by atoms with Gasteiger partial charge < -0.3 is 4.74 Å². The average molecular weight is 339 g/mol. The van der Waals surface area contributed by atoms with Gasteiger partial charge in [0.2, 0.25) is 5.78 Å². The molecule has 4 rings (SSSR count). The van der Waals surface area contributed by atoms with Gasteiger partial charge >= 0.3 is 5.69 Å². The van der Waals surface area contributed by atoms with Gasteiger partial charge in [-0.25, -0.2) is 4.79 Å². The first-order valence-electron chi connectivity index (χ1n) is 7.94. The fourth-order valence-electron chi connectivity index (χ4n) is 3.05. The van der Waals surface area contributed by atoms with Crippen LogP contribution >= 0.6 is 0 Å². The average Bonchev–Trinajstić information content (AvgIpc) is 3.09. The van der Waals surface area contributed by atoms with Crippen molar-refractivity contribution in [2.24, 2.45) is 7.05 Å². The van der Waals surface area contributed by atoms with E-state index in [-0.39, 0.29) is 0 Å². The van der Waals surface area contributed by atoms with Crippen LogP contribution in [0.25, 0.3) is 22.6 Å². The van der Waals surface area contributed by atoms with E-state index in [1.807, 2.05) is 48.9 Å². The lowest BCUT2D eigenvalue weighted by molar-refractivity contribution is 0.340. The number of rotatable bonds is 3. The van der Waals surface area contributed by atoms with Gasteiger partial charge in [0.05, 0.1) is 6.61 Å². The SMILES string of the molecule is CCOc1ccc(-n2c(C)cn3c4c(=O)[nH]c(=O)n(C)c4nc23)cc1. The Morgan fingerprint density at radius 1 is 1.20 bits per heavy atom. The second-order valence-electron chi connectivity index (χ2n) is 5.81. The summed E-state index contributed by atoms with van der Waals surface area (Å²) < 4.78 is 10.4. The van der Waals surface area contributed by atoms with Gasteiger partial charge in [-0.3, -0.25) is 23.3 Å². The number of aryl methyl sites for hydroxylation is 2. The zero-order valence-corrected chi connectivity index (χ0v) is 14.1. The largest absolute Gasteiger partial charge is 0.494 e. The number of nitrogens with one attached hydrogen (secondary N) is 1. The molecule has 3 heterocycles. The van der Waals surface area contributed by atoms with Crippen molar-refractivity contribution in [2.45, 2.75) is 13.8 Å². The maximum atomic E-state index is 12.2. The molecule has 0 unspecified atom stereocenters. The number of benzene rings is 1. The van der Waals surface area contributed by atoms with Crippen molar-refractivity contribution >= 4 is 16.9 Å². The van der Waals surface area contributed by atoms with Crippen LogP contribution in [0, 0.1) is 6.92 Å². The van der Waals surface area contributed by atoms with Crippen LogP contribution in [0.15, 0.2) is 40.1 Å². The van der Waals surface area contributed by atoms with E-state index in [0.717, 1.165) is 17.1 Å². The molecule has 0 aliphatic heterocycles. The lowest BCUT2D eigenvalue weighted by Gasteiger charge is -2.07. The molecule has 0 bridgehead atoms. The Morgan fingerprint density at radius 3 is 2.60 bits per heavy atom. The molecule has 0 spiro atoms. The van der Waals surface area contributed by atoms with Crippen LogP contribution in [0.5, 0.6) is 5.75 Å². The van der Waals surface area contributed by atoms with Crippen LogP contribution in [0.2, 0.25) is 0 Å². The van der Waals surface area contributed by atoms with Crippen molar-refractivity contribution in [3.63, 3.8) is 0 Å². The normalized spacial score (nSPS) is 11.5. The van der Waals surface area contributed by atoms with Crippen molar-refractivity contribution in [2.75, 3.05) is 6.61 Å². The molecule has 0 amide bonds. The van der Waals surface area contributed by atoms with Crippen LogP contribution < -0.4 is 16.0 Å². The van der Waals surface area contributed by atoms with E-state index in [9.17, 15) is 9.59 Å². The number of aromatic amines is 1. The number of fused-ring (bicyclic) bond motifs is 3. The Kier molecular flexibility index (Phi) is 3.28. The monoisotopic (exact) mass is 339 g/mol. The molecule has 0 aliphatic carbocycles. The lowest BCUT2D eigenvalue weighted by Crippen LogP contribution is -2.28. The molecular formula is C17H17N5O3. The van der Waals surface area contributed by atoms with E-state index in [1.165, 1.54) is 4.57 Å². The van der Waals surface area contributed by atoms with Crippen molar-refractivity contribution in [1.82, 2.24) is 23.5 Å². The van der Waals surface area contributed by atoms with Crippen molar-refractivity contribution < 1.29 is 4.74 Å². The minimum Gasteiger partial charge on any atom is -0.494 e. The number of aromatic nitrogens is 5. The second kappa shape index (κ2) is 5.37. The van der Waals surface area contributed by atoms with Gasteiger partial charge in [0.15, 0.2) is 11.2 Å². The fourth-order valence-corrected chi connectivity index (χ4v) is 3.05. The predicted octanol–water partition coefficient (Wildman–Crippen LogP) is 1.37. The number of ether oxygens (including phenoxy) is 1. The Balaban J connectivity index is 2.01. The molecule has 0 fully saturated rings. The molecular weight excluding hydrogens is 322 g/mol. The minimum absolute atomic E-state index is 0.350. The van der Waals surface area contributed by atoms with Crippen LogP contribution in [-0.4, -0.2) is 30.1 Å². The molecule has 0 saturated heterocycles. The quantitative estimate of drug-likeness (QED) is 0.611. The highest BCUT2D eigenvalue weighted by molar-refractivity contribution is 5.76. The Labute approximate surface area is 141 Å². The molecule has 0 aliphatic rings. The van der Waals surface area contributed by atoms with Gasteiger partial charge in [-0.2, -0.15) is 4.98 Å². The summed E-state index contributed by atoms with van der Waals surface area (Å²) in [4.78, 5) is 30.9. The summed E-state index contributed by atoms with van der Waals surface area (Å²) in [6, 6.07) is 7.64. The molecule has 8 heteroatoms. The van der Waals surface area contributed by atoms with Crippen molar-refractivity contribution in [1.29, 1.82) is 0 Å². The third-order valence-electron chi connectivity index (χ3n) is 4.21. The second-order valence-corrected chi connectivity index (χ2v) is 5.81. The first-order chi connectivity index (χ1) is 12.0. The maximum absolute atomic E-state index is 12.2. The predicted molar refractivity (Wildman–Crippen MR) is 93.8 cm³/mol. The summed E-state index contributed by atoms with van der Waals surface area (Å²) in [5, 5.41) is 0. The molecule has 0 radical (unpaired) electrons. The zero-order chi connectivity index (χ0) is 17.7. The standard InChI is InChI=1S/C17H17N5O3/c1-4-25-12-7-5-11(6-8-12)22-10(2)9-21-13-14(18-16(21)22)20(3)17(24)19-15(13)23/h5-9H,4H2,1-3H3,(H,19,23,24). The first-order valence-corrected chi connectivity index (χ1v) is 7.94. The van der Waals surface area contributed by atoms with Gasteiger partial charge in [-0.05, 0) is 38.1 Å². The number of H-pyrrole nitrogens is 1. The number of hydrogen-bond acceptors (Lipinski definition) is 4. The summed E-state index contributed by atoms with van der Waals surface area (Å²) in [5.41, 5.74) is 1.58.